The largest absolute Gasteiger partial charge is 0.457 e. The number of benzene rings is 4. The normalized spacial score (nSPS) is 19.8. The van der Waals surface area contributed by atoms with Crippen LogP contribution < -0.4 is 30.7 Å². The maximum atomic E-state index is 13.2. The van der Waals surface area contributed by atoms with Crippen molar-refractivity contribution in [3.8, 4) is 23.0 Å². The minimum Gasteiger partial charge on any atom is -0.457 e. The van der Waals surface area contributed by atoms with Gasteiger partial charge in [-0.05, 0) is 149 Å². The molecule has 270 valence electrons. The fourth-order valence-electron chi connectivity index (χ4n) is 6.94. The van der Waals surface area contributed by atoms with Gasteiger partial charge in [-0.25, -0.2) is 0 Å². The number of rotatable bonds is 12. The van der Waals surface area contributed by atoms with E-state index in [1.54, 1.807) is 55.5 Å². The van der Waals surface area contributed by atoms with Crippen molar-refractivity contribution in [2.45, 2.75) is 58.3 Å². The second-order valence-corrected chi connectivity index (χ2v) is 13.7. The quantitative estimate of drug-likeness (QED) is 0.116. The summed E-state index contributed by atoms with van der Waals surface area (Å²) in [7, 11) is 1.86. The van der Waals surface area contributed by atoms with Gasteiger partial charge in [-0.3, -0.25) is 19.2 Å². The molecule has 6 rings (SSSR count). The Morgan fingerprint density at radius 1 is 0.462 bits per heavy atom. The summed E-state index contributed by atoms with van der Waals surface area (Å²) in [5.41, 5.74) is 3.02. The number of carbonyl (C=O) groups excluding carboxylic acids is 4. The fraction of sp³-hybridized carbons (Fsp3) is 0.333. The van der Waals surface area contributed by atoms with Gasteiger partial charge in [0.15, 0.2) is 0 Å². The van der Waals surface area contributed by atoms with Crippen LogP contribution in [0.5, 0.6) is 23.0 Å². The zero-order valence-electron chi connectivity index (χ0n) is 29.7. The molecule has 2 unspecified atom stereocenters. The molecule has 0 aliphatic heterocycles. The summed E-state index contributed by atoms with van der Waals surface area (Å²) in [6.45, 7) is 1.63. The van der Waals surface area contributed by atoms with Gasteiger partial charge in [0.25, 0.3) is 0 Å². The Balaban J connectivity index is 0.935. The highest BCUT2D eigenvalue weighted by atomic mass is 16.5. The molecule has 4 aromatic rings. The van der Waals surface area contributed by atoms with Crippen LogP contribution in [0.2, 0.25) is 0 Å². The standard InChI is InChI=1S/C42H46N4O6/c1-27(47)28-6-8-29(9-7-28)40(48)44-33-12-20-38(21-13-33)52-39-24-16-35(17-25-39)46-42(50)31-5-3-4-30(26-31)41(49)45-34-14-22-37(23-15-34)51-36-18-10-32(43-2)11-19-36/h10-25,28-31,43H,3-9,26H2,1-2H3,(H,44,48)(H,45,49)(H,46,50). The average Bonchev–Trinajstić information content (AvgIpc) is 3.17. The lowest BCUT2D eigenvalue weighted by Gasteiger charge is -2.27. The minimum atomic E-state index is -0.264. The van der Waals surface area contributed by atoms with Crippen molar-refractivity contribution < 1.29 is 28.7 Å². The van der Waals surface area contributed by atoms with E-state index in [-0.39, 0.29) is 47.2 Å². The molecule has 0 bridgehead atoms. The van der Waals surface area contributed by atoms with Crippen LogP contribution in [0, 0.1) is 23.7 Å². The molecule has 3 amide bonds. The third-order valence-corrected chi connectivity index (χ3v) is 10.1. The Morgan fingerprint density at radius 2 is 0.788 bits per heavy atom. The molecular weight excluding hydrogens is 656 g/mol. The number of anilines is 4. The highest BCUT2D eigenvalue weighted by molar-refractivity contribution is 5.96. The van der Waals surface area contributed by atoms with Gasteiger partial charge in [-0.2, -0.15) is 0 Å². The highest BCUT2D eigenvalue weighted by Gasteiger charge is 2.31. The zero-order valence-corrected chi connectivity index (χ0v) is 29.7. The Hall–Kier alpha value is -5.64. The van der Waals surface area contributed by atoms with Crippen LogP contribution in [-0.2, 0) is 19.2 Å². The molecule has 2 fully saturated rings. The molecule has 2 saturated carbocycles. The summed E-state index contributed by atoms with van der Waals surface area (Å²) in [6, 6.07) is 29.3. The molecule has 10 heteroatoms. The Labute approximate surface area is 304 Å². The number of hydrogen-bond donors (Lipinski definition) is 4. The first kappa shape index (κ1) is 36.2. The fourth-order valence-corrected chi connectivity index (χ4v) is 6.94. The van der Waals surface area contributed by atoms with Crippen molar-refractivity contribution in [2.24, 2.45) is 23.7 Å². The molecule has 4 N–H and O–H groups in total. The number of ketones is 1. The van der Waals surface area contributed by atoms with Crippen LogP contribution in [0.3, 0.4) is 0 Å². The lowest BCUT2D eigenvalue weighted by atomic mass is 9.80. The third-order valence-electron chi connectivity index (χ3n) is 10.1. The molecule has 10 nitrogen and oxygen atoms in total. The molecule has 52 heavy (non-hydrogen) atoms. The Bertz CT molecular complexity index is 1830. The van der Waals surface area contributed by atoms with Gasteiger partial charge in [0, 0.05) is 53.5 Å². The summed E-state index contributed by atoms with van der Waals surface area (Å²) in [5, 5.41) is 12.1. The summed E-state index contributed by atoms with van der Waals surface area (Å²) in [5.74, 6) is 2.12. The van der Waals surface area contributed by atoms with Crippen molar-refractivity contribution in [3.63, 3.8) is 0 Å². The molecule has 0 radical (unpaired) electrons. The monoisotopic (exact) mass is 702 g/mol. The van der Waals surface area contributed by atoms with E-state index in [1.165, 1.54) is 0 Å². The number of hydrogen-bond acceptors (Lipinski definition) is 7. The van der Waals surface area contributed by atoms with Crippen LogP contribution >= 0.6 is 0 Å². The number of Topliss-reactive ketones (excluding diaryl/α,β-unsaturated/α-hetero) is 1. The van der Waals surface area contributed by atoms with E-state index < -0.39 is 0 Å². The molecule has 4 aromatic carbocycles. The van der Waals surface area contributed by atoms with Gasteiger partial charge in [0.05, 0.1) is 0 Å². The lowest BCUT2D eigenvalue weighted by Crippen LogP contribution is -2.33. The van der Waals surface area contributed by atoms with Gasteiger partial charge in [-0.15, -0.1) is 0 Å². The second kappa shape index (κ2) is 17.0. The van der Waals surface area contributed by atoms with Crippen molar-refractivity contribution >= 4 is 46.3 Å². The van der Waals surface area contributed by atoms with Crippen LogP contribution in [-0.4, -0.2) is 30.6 Å². The molecule has 2 atom stereocenters. The van der Waals surface area contributed by atoms with E-state index in [0.717, 1.165) is 56.4 Å². The van der Waals surface area contributed by atoms with Crippen molar-refractivity contribution in [1.82, 2.24) is 0 Å². The predicted molar refractivity (Wildman–Crippen MR) is 203 cm³/mol. The number of ether oxygens (including phenoxy) is 2. The number of amides is 3. The average molecular weight is 703 g/mol. The lowest BCUT2D eigenvalue weighted by molar-refractivity contribution is -0.125. The summed E-state index contributed by atoms with van der Waals surface area (Å²) >= 11 is 0. The van der Waals surface area contributed by atoms with Gasteiger partial charge >= 0.3 is 0 Å². The molecule has 0 saturated heterocycles. The van der Waals surface area contributed by atoms with Crippen LogP contribution in [0.4, 0.5) is 22.7 Å². The molecule has 0 spiro atoms. The van der Waals surface area contributed by atoms with E-state index >= 15 is 0 Å². The first-order valence-corrected chi connectivity index (χ1v) is 18.1. The molecule has 2 aliphatic carbocycles. The van der Waals surface area contributed by atoms with E-state index in [2.05, 4.69) is 21.3 Å². The molecular formula is C42H46N4O6. The first-order chi connectivity index (χ1) is 25.2. The summed E-state index contributed by atoms with van der Waals surface area (Å²) < 4.78 is 11.9. The smallest absolute Gasteiger partial charge is 0.227 e. The Morgan fingerprint density at radius 3 is 1.13 bits per heavy atom. The SMILES string of the molecule is CNc1ccc(Oc2ccc(NC(=O)C3CCCC(C(=O)Nc4ccc(Oc5ccc(NC(=O)C6CCC(C(C)=O)CC6)cc5)cc4)C3)cc2)cc1. The van der Waals surface area contributed by atoms with Crippen LogP contribution in [0.25, 0.3) is 0 Å². The molecule has 0 aromatic heterocycles. The van der Waals surface area contributed by atoms with E-state index in [1.807, 2.05) is 55.6 Å². The van der Waals surface area contributed by atoms with Gasteiger partial charge < -0.3 is 30.7 Å². The molecule has 2 aliphatic rings. The van der Waals surface area contributed by atoms with Crippen molar-refractivity contribution in [2.75, 3.05) is 28.3 Å². The maximum Gasteiger partial charge on any atom is 0.227 e. The van der Waals surface area contributed by atoms with Crippen molar-refractivity contribution in [1.29, 1.82) is 0 Å². The van der Waals surface area contributed by atoms with Gasteiger partial charge in [0.1, 0.15) is 28.8 Å². The first-order valence-electron chi connectivity index (χ1n) is 18.1. The highest BCUT2D eigenvalue weighted by Crippen LogP contribution is 2.33. The zero-order chi connectivity index (χ0) is 36.5. The number of carbonyl (C=O) groups is 4. The van der Waals surface area contributed by atoms with Gasteiger partial charge in [-0.1, -0.05) is 6.42 Å². The van der Waals surface area contributed by atoms with E-state index in [0.29, 0.717) is 40.7 Å². The molecule has 0 heterocycles. The summed E-state index contributed by atoms with van der Waals surface area (Å²) in [6.07, 6.45) is 5.75. The van der Waals surface area contributed by atoms with E-state index in [9.17, 15) is 19.2 Å². The van der Waals surface area contributed by atoms with Crippen LogP contribution in [0.1, 0.15) is 58.3 Å². The maximum absolute atomic E-state index is 13.2. The topological polar surface area (TPSA) is 135 Å². The van der Waals surface area contributed by atoms with Crippen molar-refractivity contribution in [3.05, 3.63) is 97.1 Å². The second-order valence-electron chi connectivity index (χ2n) is 13.7. The third kappa shape index (κ3) is 9.78. The van der Waals surface area contributed by atoms with E-state index in [4.69, 9.17) is 9.47 Å². The Kier molecular flexibility index (Phi) is 11.9. The predicted octanol–water partition coefficient (Wildman–Crippen LogP) is 9.03. The minimum absolute atomic E-state index is 0.0132. The van der Waals surface area contributed by atoms with Gasteiger partial charge in [0.2, 0.25) is 17.7 Å². The number of nitrogens with one attached hydrogen (secondary N) is 4. The van der Waals surface area contributed by atoms with Crippen LogP contribution in [0.15, 0.2) is 97.1 Å². The summed E-state index contributed by atoms with van der Waals surface area (Å²) in [4.78, 5) is 50.7.